The van der Waals surface area contributed by atoms with Gasteiger partial charge in [0.2, 0.25) is 0 Å². The van der Waals surface area contributed by atoms with Gasteiger partial charge in [-0.1, -0.05) is 6.92 Å². The molecule has 2 amide bonds. The van der Waals surface area contributed by atoms with Gasteiger partial charge in [0.15, 0.2) is 0 Å². The molecule has 0 aromatic carbocycles. The molecule has 5 nitrogen and oxygen atoms in total. The maximum Gasteiger partial charge on any atom is 0.317 e. The van der Waals surface area contributed by atoms with E-state index in [-0.39, 0.29) is 18.0 Å². The molecule has 2 rings (SSSR count). The van der Waals surface area contributed by atoms with Crippen LogP contribution in [0.1, 0.15) is 26.2 Å². The number of aliphatic carboxylic acids is 1. The summed E-state index contributed by atoms with van der Waals surface area (Å²) in [6.07, 6.45) is 5.32. The summed E-state index contributed by atoms with van der Waals surface area (Å²) in [5.74, 6) is -1.19. The number of thioether (sulfide) groups is 1. The van der Waals surface area contributed by atoms with Crippen molar-refractivity contribution in [3.8, 4) is 0 Å². The molecular weight excluding hydrogens is 264 g/mol. The summed E-state index contributed by atoms with van der Waals surface area (Å²) >= 11 is 1.86. The largest absolute Gasteiger partial charge is 0.481 e. The highest BCUT2D eigenvalue weighted by molar-refractivity contribution is 7.99. The van der Waals surface area contributed by atoms with Gasteiger partial charge in [-0.25, -0.2) is 4.79 Å². The molecule has 0 spiro atoms. The summed E-state index contributed by atoms with van der Waals surface area (Å²) in [5, 5.41) is 12.8. The zero-order chi connectivity index (χ0) is 14.0. The van der Waals surface area contributed by atoms with Crippen LogP contribution in [0.3, 0.4) is 0 Å². The van der Waals surface area contributed by atoms with E-state index in [2.05, 4.69) is 11.6 Å². The maximum atomic E-state index is 12.1. The van der Waals surface area contributed by atoms with Crippen LogP contribution in [0.15, 0.2) is 0 Å². The predicted octanol–water partition coefficient (Wildman–Crippen LogP) is 1.63. The molecule has 0 aromatic rings. The van der Waals surface area contributed by atoms with Crippen molar-refractivity contribution in [2.75, 3.05) is 19.3 Å². The maximum absolute atomic E-state index is 12.1. The molecule has 6 heteroatoms. The number of nitrogens with zero attached hydrogens (tertiary/aromatic N) is 1. The van der Waals surface area contributed by atoms with Crippen molar-refractivity contribution in [1.82, 2.24) is 10.2 Å². The van der Waals surface area contributed by atoms with Crippen molar-refractivity contribution in [2.24, 2.45) is 11.8 Å². The van der Waals surface area contributed by atoms with Crippen LogP contribution in [0, 0.1) is 11.8 Å². The first-order chi connectivity index (χ1) is 9.01. The Morgan fingerprint density at radius 3 is 2.58 bits per heavy atom. The van der Waals surface area contributed by atoms with Gasteiger partial charge in [-0.3, -0.25) is 4.79 Å². The third-order valence-electron chi connectivity index (χ3n) is 4.26. The van der Waals surface area contributed by atoms with Crippen LogP contribution in [0.2, 0.25) is 0 Å². The summed E-state index contributed by atoms with van der Waals surface area (Å²) in [7, 11) is 0. The number of nitrogens with one attached hydrogen (secondary N) is 1. The van der Waals surface area contributed by atoms with Crippen LogP contribution < -0.4 is 5.32 Å². The van der Waals surface area contributed by atoms with Crippen LogP contribution in [0.25, 0.3) is 0 Å². The van der Waals surface area contributed by atoms with E-state index in [0.717, 1.165) is 19.3 Å². The number of urea groups is 1. The van der Waals surface area contributed by atoms with E-state index in [4.69, 9.17) is 5.11 Å². The van der Waals surface area contributed by atoms with Crippen LogP contribution >= 0.6 is 11.8 Å². The first-order valence-corrected chi connectivity index (χ1v) is 8.11. The number of carboxylic acids is 1. The molecule has 108 valence electrons. The van der Waals surface area contributed by atoms with Gasteiger partial charge in [-0.05, 0) is 31.4 Å². The molecule has 1 saturated heterocycles. The van der Waals surface area contributed by atoms with Gasteiger partial charge in [0, 0.05) is 24.4 Å². The average molecular weight is 286 g/mol. The molecule has 4 unspecified atom stereocenters. The van der Waals surface area contributed by atoms with E-state index >= 15 is 0 Å². The minimum absolute atomic E-state index is 0.0331. The van der Waals surface area contributed by atoms with Gasteiger partial charge in [0.05, 0.1) is 5.92 Å². The second-order valence-electron chi connectivity index (χ2n) is 5.64. The summed E-state index contributed by atoms with van der Waals surface area (Å²) in [5.41, 5.74) is 0. The van der Waals surface area contributed by atoms with E-state index in [1.807, 2.05) is 18.7 Å². The zero-order valence-corrected chi connectivity index (χ0v) is 12.3. The third-order valence-corrected chi connectivity index (χ3v) is 5.36. The van der Waals surface area contributed by atoms with Crippen molar-refractivity contribution in [1.29, 1.82) is 0 Å². The van der Waals surface area contributed by atoms with Gasteiger partial charge >= 0.3 is 12.0 Å². The van der Waals surface area contributed by atoms with E-state index in [0.29, 0.717) is 18.3 Å². The highest BCUT2D eigenvalue weighted by Gasteiger charge is 2.37. The molecule has 1 aliphatic heterocycles. The molecule has 2 aliphatic rings. The SMILES string of the molecule is CSC1CCC(NC(=O)N2CC(C)C(C(=O)O)C2)C1. The normalized spacial score (nSPS) is 34.5. The molecule has 19 heavy (non-hydrogen) atoms. The molecule has 4 atom stereocenters. The van der Waals surface area contributed by atoms with Gasteiger partial charge < -0.3 is 15.3 Å². The van der Waals surface area contributed by atoms with Gasteiger partial charge in [-0.2, -0.15) is 11.8 Å². The number of rotatable bonds is 3. The predicted molar refractivity (Wildman–Crippen MR) is 75.3 cm³/mol. The Morgan fingerprint density at radius 1 is 1.32 bits per heavy atom. The number of hydrogen-bond acceptors (Lipinski definition) is 3. The van der Waals surface area contributed by atoms with Crippen molar-refractivity contribution >= 4 is 23.8 Å². The van der Waals surface area contributed by atoms with Crippen LogP contribution in [0.4, 0.5) is 4.79 Å². The third kappa shape index (κ3) is 3.35. The lowest BCUT2D eigenvalue weighted by atomic mass is 9.99. The Morgan fingerprint density at radius 2 is 2.05 bits per heavy atom. The highest BCUT2D eigenvalue weighted by Crippen LogP contribution is 2.29. The van der Waals surface area contributed by atoms with Gasteiger partial charge in [0.1, 0.15) is 0 Å². The van der Waals surface area contributed by atoms with Crippen LogP contribution in [-0.2, 0) is 4.79 Å². The molecule has 0 radical (unpaired) electrons. The number of likely N-dealkylation sites (tertiary alicyclic amines) is 1. The summed E-state index contributed by atoms with van der Waals surface area (Å²) in [6.45, 7) is 2.77. The second-order valence-corrected chi connectivity index (χ2v) is 6.78. The molecule has 1 aliphatic carbocycles. The van der Waals surface area contributed by atoms with Gasteiger partial charge in [0.25, 0.3) is 0 Å². The summed E-state index contributed by atoms with van der Waals surface area (Å²) in [6, 6.07) is 0.159. The Hall–Kier alpha value is -0.910. The first-order valence-electron chi connectivity index (χ1n) is 6.82. The molecule has 0 bridgehead atoms. The fraction of sp³-hybridized carbons (Fsp3) is 0.846. The van der Waals surface area contributed by atoms with E-state index < -0.39 is 11.9 Å². The average Bonchev–Trinajstić information content (AvgIpc) is 2.95. The molecule has 2 fully saturated rings. The number of hydrogen-bond donors (Lipinski definition) is 2. The van der Waals surface area contributed by atoms with Crippen molar-refractivity contribution in [3.63, 3.8) is 0 Å². The molecular formula is C13H22N2O3S. The van der Waals surface area contributed by atoms with Gasteiger partial charge in [-0.15, -0.1) is 0 Å². The highest BCUT2D eigenvalue weighted by atomic mass is 32.2. The van der Waals surface area contributed by atoms with E-state index in [1.54, 1.807) is 4.90 Å². The zero-order valence-electron chi connectivity index (χ0n) is 11.5. The smallest absolute Gasteiger partial charge is 0.317 e. The van der Waals surface area contributed by atoms with Crippen LogP contribution in [0.5, 0.6) is 0 Å². The fourth-order valence-corrected chi connectivity index (χ4v) is 3.80. The molecule has 2 N–H and O–H groups in total. The second kappa shape index (κ2) is 6.03. The Bertz CT molecular complexity index is 364. The van der Waals surface area contributed by atoms with Crippen molar-refractivity contribution in [2.45, 2.75) is 37.5 Å². The number of carbonyl (C=O) groups is 2. The lowest BCUT2D eigenvalue weighted by Crippen LogP contribution is -2.43. The Kier molecular flexibility index (Phi) is 4.60. The first kappa shape index (κ1) is 14.5. The number of carboxylic acid groups (broad SMARTS) is 1. The Balaban J connectivity index is 1.83. The van der Waals surface area contributed by atoms with E-state index in [1.165, 1.54) is 0 Å². The monoisotopic (exact) mass is 286 g/mol. The lowest BCUT2D eigenvalue weighted by molar-refractivity contribution is -0.142. The summed E-state index contributed by atoms with van der Waals surface area (Å²) < 4.78 is 0. The fourth-order valence-electron chi connectivity index (χ4n) is 3.01. The van der Waals surface area contributed by atoms with Crippen molar-refractivity contribution < 1.29 is 14.7 Å². The minimum Gasteiger partial charge on any atom is -0.481 e. The van der Waals surface area contributed by atoms with Crippen LogP contribution in [-0.4, -0.2) is 52.6 Å². The molecule has 1 heterocycles. The number of carbonyl (C=O) groups excluding carboxylic acids is 1. The standard InChI is InChI=1S/C13H22N2O3S/c1-8-6-15(7-11(8)12(16)17)13(18)14-9-3-4-10(5-9)19-2/h8-11H,3-7H2,1-2H3,(H,14,18)(H,16,17). The Labute approximate surface area is 118 Å². The van der Waals surface area contributed by atoms with Crippen molar-refractivity contribution in [3.05, 3.63) is 0 Å². The topological polar surface area (TPSA) is 69.6 Å². The summed E-state index contributed by atoms with van der Waals surface area (Å²) in [4.78, 5) is 24.8. The molecule has 0 aromatic heterocycles. The quantitative estimate of drug-likeness (QED) is 0.827. The lowest BCUT2D eigenvalue weighted by Gasteiger charge is -2.20. The molecule has 1 saturated carbocycles. The number of amides is 2. The minimum atomic E-state index is -0.800. The van der Waals surface area contributed by atoms with E-state index in [9.17, 15) is 9.59 Å².